The minimum Gasteiger partial charge on any atom is -0.361 e. The zero-order valence-electron chi connectivity index (χ0n) is 13.0. The molecule has 7 nitrogen and oxygen atoms in total. The molecule has 0 aliphatic rings. The smallest absolute Gasteiger partial charge is 0.320 e. The fourth-order valence-corrected chi connectivity index (χ4v) is 3.23. The summed E-state index contributed by atoms with van der Waals surface area (Å²) in [5.41, 5.74) is 1.30. The maximum atomic E-state index is 13.0. The summed E-state index contributed by atoms with van der Waals surface area (Å²) >= 11 is 1.08. The topological polar surface area (TPSA) is 85.8 Å². The number of carbonyl (C=O) groups is 1. The van der Waals surface area contributed by atoms with Crippen LogP contribution in [0.3, 0.4) is 0 Å². The highest BCUT2D eigenvalue weighted by Crippen LogP contribution is 2.33. The summed E-state index contributed by atoms with van der Waals surface area (Å²) in [7, 11) is 0. The molecule has 3 aromatic heterocycles. The van der Waals surface area contributed by atoms with Crippen LogP contribution in [0.4, 0.5) is 13.9 Å². The third-order valence-corrected chi connectivity index (χ3v) is 4.43. The summed E-state index contributed by atoms with van der Waals surface area (Å²) in [4.78, 5) is 20.9. The monoisotopic (exact) mass is 353 g/mol. The average molecular weight is 353 g/mol. The first-order chi connectivity index (χ1) is 11.4. The Morgan fingerprint density at radius 2 is 2.08 bits per heavy atom. The van der Waals surface area contributed by atoms with Crippen molar-refractivity contribution in [1.82, 2.24) is 19.7 Å². The van der Waals surface area contributed by atoms with Gasteiger partial charge in [0.05, 0.1) is 16.3 Å². The second-order valence-corrected chi connectivity index (χ2v) is 6.02. The van der Waals surface area contributed by atoms with Gasteiger partial charge in [-0.25, -0.2) is 9.97 Å². The first-order valence-corrected chi connectivity index (χ1v) is 7.73. The molecular weight excluding hydrogens is 340 g/mol. The van der Waals surface area contributed by atoms with Gasteiger partial charge in [0.1, 0.15) is 11.3 Å². The van der Waals surface area contributed by atoms with Crippen LogP contribution >= 0.6 is 11.3 Å². The number of nitrogens with zero attached hydrogens (tertiary/aromatic N) is 4. The standard InChI is InChI=1S/C14H13F2N5O2S/c1-6-9(8(3)23-20-6)12(22)19-14-18-7(2)10(24-14)11-17-4-5-21(11)13(15)16/h4-5,13H,1-3H3,(H,18,19,22). The Hall–Kier alpha value is -2.62. The number of alkyl halides is 2. The number of thiazole rings is 1. The quantitative estimate of drug-likeness (QED) is 0.775. The van der Waals surface area contributed by atoms with Gasteiger partial charge < -0.3 is 4.52 Å². The van der Waals surface area contributed by atoms with Crippen LogP contribution in [-0.4, -0.2) is 25.6 Å². The van der Waals surface area contributed by atoms with Gasteiger partial charge in [0.15, 0.2) is 11.0 Å². The van der Waals surface area contributed by atoms with Crippen molar-refractivity contribution in [2.75, 3.05) is 5.32 Å². The van der Waals surface area contributed by atoms with Gasteiger partial charge in [-0.1, -0.05) is 16.5 Å². The van der Waals surface area contributed by atoms with Crippen LogP contribution in [0.1, 0.15) is 34.1 Å². The molecule has 126 valence electrons. The highest BCUT2D eigenvalue weighted by molar-refractivity contribution is 7.19. The van der Waals surface area contributed by atoms with Crippen molar-refractivity contribution < 1.29 is 18.1 Å². The van der Waals surface area contributed by atoms with E-state index in [1.807, 2.05) is 0 Å². The van der Waals surface area contributed by atoms with Gasteiger partial charge in [-0.3, -0.25) is 14.7 Å². The number of rotatable bonds is 4. The molecule has 0 aliphatic heterocycles. The van der Waals surface area contributed by atoms with Crippen LogP contribution in [0.25, 0.3) is 10.7 Å². The summed E-state index contributed by atoms with van der Waals surface area (Å²) in [6.45, 7) is 2.25. The van der Waals surface area contributed by atoms with Crippen molar-refractivity contribution in [2.45, 2.75) is 27.3 Å². The lowest BCUT2D eigenvalue weighted by atomic mass is 10.2. The van der Waals surface area contributed by atoms with E-state index in [-0.39, 0.29) is 11.0 Å². The number of amides is 1. The predicted molar refractivity (Wildman–Crippen MR) is 83.3 cm³/mol. The lowest BCUT2D eigenvalue weighted by Gasteiger charge is -2.04. The molecule has 3 aromatic rings. The second-order valence-electron chi connectivity index (χ2n) is 5.02. The largest absolute Gasteiger partial charge is 0.361 e. The molecule has 10 heteroatoms. The lowest BCUT2D eigenvalue weighted by Crippen LogP contribution is -2.13. The highest BCUT2D eigenvalue weighted by atomic mass is 32.1. The zero-order chi connectivity index (χ0) is 17.4. The van der Waals surface area contributed by atoms with E-state index in [0.29, 0.717) is 27.6 Å². The van der Waals surface area contributed by atoms with Crippen LogP contribution < -0.4 is 5.32 Å². The second kappa shape index (κ2) is 6.11. The summed E-state index contributed by atoms with van der Waals surface area (Å²) < 4.78 is 31.7. The summed E-state index contributed by atoms with van der Waals surface area (Å²) in [5.74, 6) is 0.0911. The molecule has 0 radical (unpaired) electrons. The molecule has 0 saturated carbocycles. The van der Waals surface area contributed by atoms with Gasteiger partial charge in [-0.15, -0.1) is 0 Å². The highest BCUT2D eigenvalue weighted by Gasteiger charge is 2.22. The van der Waals surface area contributed by atoms with Gasteiger partial charge in [-0.05, 0) is 20.8 Å². The Morgan fingerprint density at radius 1 is 1.33 bits per heavy atom. The number of anilines is 1. The Kier molecular flexibility index (Phi) is 4.14. The number of nitrogens with one attached hydrogen (secondary N) is 1. The predicted octanol–water partition coefficient (Wildman–Crippen LogP) is 3.57. The molecule has 0 atom stereocenters. The third kappa shape index (κ3) is 2.80. The van der Waals surface area contributed by atoms with E-state index < -0.39 is 12.5 Å². The molecule has 0 aromatic carbocycles. The van der Waals surface area contributed by atoms with Crippen molar-refractivity contribution in [3.8, 4) is 10.7 Å². The summed E-state index contributed by atoms with van der Waals surface area (Å²) in [6.07, 6.45) is 2.49. The van der Waals surface area contributed by atoms with Crippen molar-refractivity contribution in [2.24, 2.45) is 0 Å². The van der Waals surface area contributed by atoms with Crippen LogP contribution in [-0.2, 0) is 0 Å². The number of carbonyl (C=O) groups excluding carboxylic acids is 1. The fraction of sp³-hybridized carbons (Fsp3) is 0.286. The van der Waals surface area contributed by atoms with Gasteiger partial charge >= 0.3 is 6.55 Å². The SMILES string of the molecule is Cc1nc(NC(=O)c2c(C)noc2C)sc1-c1nccn1C(F)F. The molecule has 0 unspecified atom stereocenters. The first kappa shape index (κ1) is 16.2. The molecule has 0 aliphatic carbocycles. The van der Waals surface area contributed by atoms with Crippen molar-refractivity contribution in [3.05, 3.63) is 35.1 Å². The van der Waals surface area contributed by atoms with Crippen molar-refractivity contribution in [3.63, 3.8) is 0 Å². The van der Waals surface area contributed by atoms with Gasteiger partial charge in [0, 0.05) is 12.4 Å². The number of hydrogen-bond acceptors (Lipinski definition) is 6. The van der Waals surface area contributed by atoms with Crippen LogP contribution in [0, 0.1) is 20.8 Å². The van der Waals surface area contributed by atoms with Crippen molar-refractivity contribution >= 4 is 22.4 Å². The molecule has 0 fully saturated rings. The molecule has 24 heavy (non-hydrogen) atoms. The number of imidazole rings is 1. The van der Waals surface area contributed by atoms with E-state index in [1.165, 1.54) is 12.4 Å². The normalized spacial score (nSPS) is 11.2. The van der Waals surface area contributed by atoms with E-state index in [2.05, 4.69) is 20.4 Å². The van der Waals surface area contributed by atoms with Gasteiger partial charge in [-0.2, -0.15) is 8.78 Å². The Labute approximate surface area is 139 Å². The maximum Gasteiger partial charge on any atom is 0.320 e. The number of halogens is 2. The molecule has 0 bridgehead atoms. The Balaban J connectivity index is 1.90. The molecular formula is C14H13F2N5O2S. The van der Waals surface area contributed by atoms with Gasteiger partial charge in [0.2, 0.25) is 0 Å². The zero-order valence-corrected chi connectivity index (χ0v) is 13.8. The van der Waals surface area contributed by atoms with Crippen molar-refractivity contribution in [1.29, 1.82) is 0 Å². The van der Waals surface area contributed by atoms with E-state index in [4.69, 9.17) is 4.52 Å². The number of hydrogen-bond donors (Lipinski definition) is 1. The fourth-order valence-electron chi connectivity index (χ4n) is 2.27. The molecule has 1 amide bonds. The summed E-state index contributed by atoms with van der Waals surface area (Å²) in [6, 6.07) is 0. The molecule has 0 spiro atoms. The maximum absolute atomic E-state index is 13.0. The molecule has 3 rings (SSSR count). The molecule has 1 N–H and O–H groups in total. The average Bonchev–Trinajstić information content (AvgIpc) is 3.18. The molecule has 0 saturated heterocycles. The third-order valence-electron chi connectivity index (χ3n) is 3.36. The Morgan fingerprint density at radius 3 is 2.71 bits per heavy atom. The molecule has 3 heterocycles. The number of aromatic nitrogens is 4. The van der Waals surface area contributed by atoms with Gasteiger partial charge in [0.25, 0.3) is 5.91 Å². The Bertz CT molecular complexity index is 880. The van der Waals surface area contributed by atoms with E-state index in [9.17, 15) is 13.6 Å². The lowest BCUT2D eigenvalue weighted by molar-refractivity contribution is 0.0720. The van der Waals surface area contributed by atoms with E-state index in [0.717, 1.165) is 15.9 Å². The van der Waals surface area contributed by atoms with E-state index >= 15 is 0 Å². The number of aryl methyl sites for hydroxylation is 3. The van der Waals surface area contributed by atoms with Crippen LogP contribution in [0.15, 0.2) is 16.9 Å². The van der Waals surface area contributed by atoms with Crippen LogP contribution in [0.2, 0.25) is 0 Å². The minimum absolute atomic E-state index is 0.109. The minimum atomic E-state index is -2.70. The first-order valence-electron chi connectivity index (χ1n) is 6.91. The summed E-state index contributed by atoms with van der Waals surface area (Å²) in [5, 5.41) is 6.65. The van der Waals surface area contributed by atoms with Crippen LogP contribution in [0.5, 0.6) is 0 Å². The van der Waals surface area contributed by atoms with E-state index in [1.54, 1.807) is 20.8 Å².